The van der Waals surface area contributed by atoms with E-state index in [2.05, 4.69) is 16.0 Å². The molecule has 0 spiro atoms. The summed E-state index contributed by atoms with van der Waals surface area (Å²) in [5.74, 6) is -1.74. The molecule has 0 aliphatic rings. The lowest BCUT2D eigenvalue weighted by atomic mass is 10.0. The molecule has 10 nitrogen and oxygen atoms in total. The maximum Gasteiger partial charge on any atom is 0.408 e. The van der Waals surface area contributed by atoms with E-state index in [-0.39, 0.29) is 12.5 Å². The summed E-state index contributed by atoms with van der Waals surface area (Å²) >= 11 is 0. The van der Waals surface area contributed by atoms with Crippen molar-refractivity contribution in [2.75, 3.05) is 6.54 Å². The number of benzene rings is 1. The first kappa shape index (κ1) is 27.9. The highest BCUT2D eigenvalue weighted by Gasteiger charge is 2.30. The second-order valence-electron chi connectivity index (χ2n) is 9.22. The Morgan fingerprint density at radius 1 is 1.03 bits per heavy atom. The molecule has 0 heterocycles. The number of hydroxylamine groups is 2. The minimum atomic E-state index is -0.990. The van der Waals surface area contributed by atoms with E-state index in [4.69, 9.17) is 4.74 Å². The zero-order valence-electron chi connectivity index (χ0n) is 20.2. The molecule has 0 aliphatic carbocycles. The van der Waals surface area contributed by atoms with Crippen molar-refractivity contribution in [3.05, 3.63) is 35.9 Å². The number of nitrogens with zero attached hydrogens (tertiary/aromatic N) is 1. The summed E-state index contributed by atoms with van der Waals surface area (Å²) in [5, 5.41) is 17.9. The zero-order valence-corrected chi connectivity index (χ0v) is 20.2. The summed E-state index contributed by atoms with van der Waals surface area (Å²) in [4.78, 5) is 49.1. The molecule has 2 atom stereocenters. The van der Waals surface area contributed by atoms with Gasteiger partial charge in [-0.15, -0.1) is 0 Å². The van der Waals surface area contributed by atoms with Crippen molar-refractivity contribution >= 4 is 23.8 Å². The number of rotatable bonds is 10. The predicted molar refractivity (Wildman–Crippen MR) is 122 cm³/mol. The van der Waals surface area contributed by atoms with Crippen molar-refractivity contribution in [3.8, 4) is 0 Å². The van der Waals surface area contributed by atoms with Gasteiger partial charge in [-0.1, -0.05) is 44.2 Å². The quantitative estimate of drug-likeness (QED) is 0.309. The van der Waals surface area contributed by atoms with Crippen molar-refractivity contribution < 1.29 is 29.1 Å². The lowest BCUT2D eigenvalue weighted by Crippen LogP contribution is -2.54. The molecule has 0 aromatic heterocycles. The van der Waals surface area contributed by atoms with Crippen LogP contribution in [0.2, 0.25) is 0 Å². The third-order valence-electron chi connectivity index (χ3n) is 4.54. The smallest absolute Gasteiger partial charge is 0.408 e. The number of carbonyl (C=O) groups excluding carboxylic acids is 4. The van der Waals surface area contributed by atoms with E-state index in [9.17, 15) is 24.4 Å². The van der Waals surface area contributed by atoms with Crippen molar-refractivity contribution in [2.45, 2.75) is 72.2 Å². The number of amides is 4. The Hall–Kier alpha value is -3.14. The molecular formula is C23H36N4O6. The number of hydrogen-bond donors (Lipinski definition) is 4. The van der Waals surface area contributed by atoms with Crippen LogP contribution in [0.3, 0.4) is 0 Å². The van der Waals surface area contributed by atoms with Crippen LogP contribution in [0.4, 0.5) is 4.79 Å². The van der Waals surface area contributed by atoms with Crippen LogP contribution in [-0.4, -0.2) is 58.3 Å². The second kappa shape index (κ2) is 12.8. The fraction of sp³-hybridized carbons (Fsp3) is 0.565. The van der Waals surface area contributed by atoms with Crippen molar-refractivity contribution in [1.29, 1.82) is 0 Å². The third kappa shape index (κ3) is 10.3. The largest absolute Gasteiger partial charge is 0.445 e. The Labute approximate surface area is 195 Å². The molecule has 184 valence electrons. The van der Waals surface area contributed by atoms with Crippen molar-refractivity contribution in [2.24, 2.45) is 5.92 Å². The summed E-state index contributed by atoms with van der Waals surface area (Å²) in [5.41, 5.74) is -0.0134. The van der Waals surface area contributed by atoms with E-state index in [1.54, 1.807) is 20.8 Å². The van der Waals surface area contributed by atoms with E-state index < -0.39 is 48.0 Å². The summed E-state index contributed by atoms with van der Waals surface area (Å²) < 4.78 is 5.17. The number of hydrogen-bond acceptors (Lipinski definition) is 6. The number of nitrogens with one attached hydrogen (secondary N) is 3. The van der Waals surface area contributed by atoms with Gasteiger partial charge in [0.2, 0.25) is 11.8 Å². The van der Waals surface area contributed by atoms with Crippen LogP contribution in [0, 0.1) is 5.92 Å². The molecule has 1 rings (SSSR count). The van der Waals surface area contributed by atoms with Gasteiger partial charge < -0.3 is 20.7 Å². The van der Waals surface area contributed by atoms with Gasteiger partial charge in [0.05, 0.1) is 12.1 Å². The van der Waals surface area contributed by atoms with Crippen LogP contribution in [0.5, 0.6) is 0 Å². The maximum atomic E-state index is 12.6. The molecular weight excluding hydrogens is 428 g/mol. The van der Waals surface area contributed by atoms with Crippen LogP contribution in [-0.2, 0) is 25.7 Å². The molecule has 0 bridgehead atoms. The highest BCUT2D eigenvalue weighted by Crippen LogP contribution is 2.11. The van der Waals surface area contributed by atoms with Crippen molar-refractivity contribution in [3.63, 3.8) is 0 Å². The van der Waals surface area contributed by atoms with E-state index in [0.29, 0.717) is 11.5 Å². The Bertz CT molecular complexity index is 807. The van der Waals surface area contributed by atoms with Gasteiger partial charge in [0.25, 0.3) is 5.91 Å². The molecule has 10 heteroatoms. The molecule has 0 saturated carbocycles. The fourth-order valence-corrected chi connectivity index (χ4v) is 2.77. The minimum absolute atomic E-state index is 0.0630. The molecule has 4 amide bonds. The number of alkyl carbamates (subject to hydrolysis) is 1. The Morgan fingerprint density at radius 2 is 1.64 bits per heavy atom. The Balaban J connectivity index is 2.57. The first-order valence-corrected chi connectivity index (χ1v) is 10.9. The molecule has 0 aliphatic heterocycles. The second-order valence-corrected chi connectivity index (χ2v) is 9.22. The summed E-state index contributed by atoms with van der Waals surface area (Å²) in [7, 11) is 0. The SMILES string of the molecule is CC(C)CC(NC(=O)OCc1ccccc1)C(=O)NCC(=O)N[C@H](C)C(=O)N(O)C(C)(C)C. The van der Waals surface area contributed by atoms with Crippen LogP contribution in [0.25, 0.3) is 0 Å². The maximum absolute atomic E-state index is 12.6. The van der Waals surface area contributed by atoms with Gasteiger partial charge in [0, 0.05) is 0 Å². The van der Waals surface area contributed by atoms with E-state index in [0.717, 1.165) is 5.56 Å². The van der Waals surface area contributed by atoms with Gasteiger partial charge in [-0.05, 0) is 45.6 Å². The first-order valence-electron chi connectivity index (χ1n) is 10.9. The van der Waals surface area contributed by atoms with E-state index in [1.165, 1.54) is 6.92 Å². The number of ether oxygens (including phenoxy) is 1. The Morgan fingerprint density at radius 3 is 2.18 bits per heavy atom. The number of carbonyl (C=O) groups is 4. The molecule has 33 heavy (non-hydrogen) atoms. The lowest BCUT2D eigenvalue weighted by molar-refractivity contribution is -0.189. The molecule has 0 radical (unpaired) electrons. The van der Waals surface area contributed by atoms with Crippen LogP contribution >= 0.6 is 0 Å². The molecule has 1 aromatic rings. The molecule has 0 saturated heterocycles. The van der Waals surface area contributed by atoms with Gasteiger partial charge >= 0.3 is 6.09 Å². The molecule has 0 fully saturated rings. The molecule has 4 N–H and O–H groups in total. The van der Waals surface area contributed by atoms with Crippen molar-refractivity contribution in [1.82, 2.24) is 21.0 Å². The highest BCUT2D eigenvalue weighted by molar-refractivity contribution is 5.91. The monoisotopic (exact) mass is 464 g/mol. The van der Waals surface area contributed by atoms with Gasteiger partial charge in [-0.3, -0.25) is 19.6 Å². The van der Waals surface area contributed by atoms with Crippen LogP contribution in [0.15, 0.2) is 30.3 Å². The summed E-state index contributed by atoms with van der Waals surface area (Å²) in [6.07, 6.45) is -0.401. The standard InChI is InChI=1S/C23H36N4O6/c1-15(2)12-18(26-22(31)33-14-17-10-8-7-9-11-17)20(29)24-13-19(28)25-16(3)21(30)27(32)23(4,5)6/h7-11,15-16,18,32H,12-14H2,1-6H3,(H,24,29)(H,25,28)(H,26,31)/t16-,18?/m1/s1. The first-order chi connectivity index (χ1) is 15.3. The van der Waals surface area contributed by atoms with Gasteiger partial charge in [0.1, 0.15) is 18.7 Å². The fourth-order valence-electron chi connectivity index (χ4n) is 2.77. The van der Waals surface area contributed by atoms with E-state index in [1.807, 2.05) is 44.2 Å². The van der Waals surface area contributed by atoms with Gasteiger partial charge in [0.15, 0.2) is 0 Å². The minimum Gasteiger partial charge on any atom is -0.445 e. The third-order valence-corrected chi connectivity index (χ3v) is 4.54. The zero-order chi connectivity index (χ0) is 25.2. The topological polar surface area (TPSA) is 137 Å². The molecule has 1 aromatic carbocycles. The highest BCUT2D eigenvalue weighted by atomic mass is 16.5. The Kier molecular flexibility index (Phi) is 10.8. The summed E-state index contributed by atoms with van der Waals surface area (Å²) in [6.45, 7) is 9.83. The van der Waals surface area contributed by atoms with Gasteiger partial charge in [-0.2, -0.15) is 0 Å². The predicted octanol–water partition coefficient (Wildman–Crippen LogP) is 1.96. The average Bonchev–Trinajstić information content (AvgIpc) is 2.74. The van der Waals surface area contributed by atoms with E-state index >= 15 is 0 Å². The van der Waals surface area contributed by atoms with Crippen LogP contribution < -0.4 is 16.0 Å². The normalized spacial score (nSPS) is 13.0. The average molecular weight is 465 g/mol. The lowest BCUT2D eigenvalue weighted by Gasteiger charge is -2.31. The van der Waals surface area contributed by atoms with Gasteiger partial charge in [-0.25, -0.2) is 9.86 Å². The molecule has 1 unspecified atom stereocenters. The van der Waals surface area contributed by atoms with Crippen LogP contribution in [0.1, 0.15) is 53.5 Å². The summed E-state index contributed by atoms with van der Waals surface area (Å²) in [6, 6.07) is 7.24.